The molecule has 1 aromatic rings. The minimum atomic E-state index is 0.225. The molecule has 0 aromatic heterocycles. The molecule has 1 aliphatic heterocycles. The van der Waals surface area contributed by atoms with Crippen molar-refractivity contribution >= 4 is 15.9 Å². The van der Waals surface area contributed by atoms with Gasteiger partial charge in [0.05, 0.1) is 16.7 Å². The van der Waals surface area contributed by atoms with Crippen molar-refractivity contribution in [2.75, 3.05) is 6.61 Å². The molecular weight excluding hydrogens is 318 g/mol. The maximum absolute atomic E-state index is 6.02. The molecule has 3 nitrogen and oxygen atoms in total. The van der Waals surface area contributed by atoms with E-state index in [2.05, 4.69) is 48.1 Å². The number of hydrogen-bond acceptors (Lipinski definition) is 3. The molecule has 4 heteroatoms. The van der Waals surface area contributed by atoms with Gasteiger partial charge in [0.2, 0.25) is 0 Å². The summed E-state index contributed by atoms with van der Waals surface area (Å²) < 4.78 is 12.8. The van der Waals surface area contributed by atoms with E-state index in [9.17, 15) is 0 Å². The Morgan fingerprint density at radius 3 is 2.85 bits per heavy atom. The van der Waals surface area contributed by atoms with Gasteiger partial charge in [0, 0.05) is 18.2 Å². The van der Waals surface area contributed by atoms with Gasteiger partial charge in [-0.15, -0.1) is 0 Å². The van der Waals surface area contributed by atoms with E-state index in [-0.39, 0.29) is 6.10 Å². The molecule has 2 unspecified atom stereocenters. The Hall–Kier alpha value is -0.580. The van der Waals surface area contributed by atoms with Gasteiger partial charge in [-0.2, -0.15) is 0 Å². The second-order valence-electron chi connectivity index (χ2n) is 5.72. The highest BCUT2D eigenvalue weighted by Gasteiger charge is 2.23. The van der Waals surface area contributed by atoms with Crippen LogP contribution in [0.25, 0.3) is 0 Å². The number of rotatable bonds is 6. The number of ether oxygens (including phenoxy) is 2. The molecule has 0 aliphatic carbocycles. The summed E-state index contributed by atoms with van der Waals surface area (Å²) >= 11 is 3.58. The molecule has 0 saturated carbocycles. The first-order valence-corrected chi connectivity index (χ1v) is 8.14. The molecule has 1 N–H and O–H groups in total. The summed E-state index contributed by atoms with van der Waals surface area (Å²) in [7, 11) is 0. The molecule has 1 fully saturated rings. The summed E-state index contributed by atoms with van der Waals surface area (Å²) in [5.74, 6) is 0.934. The third-order valence-electron chi connectivity index (χ3n) is 3.48. The summed E-state index contributed by atoms with van der Waals surface area (Å²) in [4.78, 5) is 0. The van der Waals surface area contributed by atoms with Crippen LogP contribution < -0.4 is 10.1 Å². The van der Waals surface area contributed by atoms with Gasteiger partial charge < -0.3 is 14.8 Å². The second-order valence-corrected chi connectivity index (χ2v) is 6.58. The summed E-state index contributed by atoms with van der Waals surface area (Å²) in [6.45, 7) is 7.85. The first-order chi connectivity index (χ1) is 9.56. The van der Waals surface area contributed by atoms with E-state index in [1.807, 2.05) is 12.1 Å². The van der Waals surface area contributed by atoms with Crippen molar-refractivity contribution in [1.29, 1.82) is 0 Å². The molecular formula is C16H24BrNO2. The van der Waals surface area contributed by atoms with E-state index in [4.69, 9.17) is 9.47 Å². The smallest absolute Gasteiger partial charge is 0.138 e. The van der Waals surface area contributed by atoms with Crippen LogP contribution in [0.15, 0.2) is 22.7 Å². The van der Waals surface area contributed by atoms with E-state index in [1.54, 1.807) is 0 Å². The van der Waals surface area contributed by atoms with Gasteiger partial charge in [-0.1, -0.05) is 26.0 Å². The molecule has 0 radical (unpaired) electrons. The summed E-state index contributed by atoms with van der Waals surface area (Å²) in [5, 5.41) is 3.43. The Kier molecular flexibility index (Phi) is 5.87. The highest BCUT2D eigenvalue weighted by atomic mass is 79.9. The lowest BCUT2D eigenvalue weighted by atomic mass is 10.2. The Morgan fingerprint density at radius 1 is 1.40 bits per heavy atom. The molecule has 0 bridgehead atoms. The Labute approximate surface area is 130 Å². The minimum absolute atomic E-state index is 0.225. The zero-order chi connectivity index (χ0) is 14.5. The number of benzene rings is 1. The lowest BCUT2D eigenvalue weighted by Crippen LogP contribution is -2.23. The Morgan fingerprint density at radius 2 is 2.20 bits per heavy atom. The average Bonchev–Trinajstić information content (AvgIpc) is 2.81. The van der Waals surface area contributed by atoms with Crippen LogP contribution in [0.4, 0.5) is 0 Å². The van der Waals surface area contributed by atoms with Crippen molar-refractivity contribution in [3.63, 3.8) is 0 Å². The first-order valence-electron chi connectivity index (χ1n) is 7.35. The van der Waals surface area contributed by atoms with E-state index in [0.29, 0.717) is 18.8 Å². The lowest BCUT2D eigenvalue weighted by molar-refractivity contribution is 0.0260. The van der Waals surface area contributed by atoms with Crippen LogP contribution >= 0.6 is 15.9 Å². The quantitative estimate of drug-likeness (QED) is 0.851. The molecule has 1 heterocycles. The highest BCUT2D eigenvalue weighted by Crippen LogP contribution is 2.30. The number of para-hydroxylation sites is 1. The number of hydrogen-bond donors (Lipinski definition) is 1. The van der Waals surface area contributed by atoms with Crippen molar-refractivity contribution in [2.45, 2.75) is 58.4 Å². The van der Waals surface area contributed by atoms with E-state index in [0.717, 1.165) is 29.6 Å². The van der Waals surface area contributed by atoms with Crippen LogP contribution in [0.1, 0.15) is 39.2 Å². The van der Waals surface area contributed by atoms with Crippen LogP contribution in [0.5, 0.6) is 5.75 Å². The summed E-state index contributed by atoms with van der Waals surface area (Å²) in [6.07, 6.45) is 2.81. The van der Waals surface area contributed by atoms with Crippen molar-refractivity contribution in [2.24, 2.45) is 0 Å². The molecule has 1 aliphatic rings. The fraction of sp³-hybridized carbons (Fsp3) is 0.625. The predicted octanol–water partition coefficient (Wildman–Crippen LogP) is 3.89. The molecule has 2 atom stereocenters. The van der Waals surface area contributed by atoms with Crippen LogP contribution in [0.3, 0.4) is 0 Å². The van der Waals surface area contributed by atoms with E-state index < -0.39 is 0 Å². The van der Waals surface area contributed by atoms with Crippen molar-refractivity contribution in [1.82, 2.24) is 5.32 Å². The SMILES string of the molecule is CC(C)NCc1cccc(Br)c1OCC1CCC(C)O1. The van der Waals surface area contributed by atoms with Crippen molar-refractivity contribution < 1.29 is 9.47 Å². The van der Waals surface area contributed by atoms with Crippen LogP contribution in [-0.4, -0.2) is 24.9 Å². The molecule has 1 saturated heterocycles. The van der Waals surface area contributed by atoms with Crippen LogP contribution in [-0.2, 0) is 11.3 Å². The average molecular weight is 342 g/mol. The van der Waals surface area contributed by atoms with Crippen molar-refractivity contribution in [3.8, 4) is 5.75 Å². The standard InChI is InChI=1S/C16H24BrNO2/c1-11(2)18-9-13-5-4-6-15(17)16(13)19-10-14-8-7-12(3)20-14/h4-6,11-12,14,18H,7-10H2,1-3H3. The molecule has 2 rings (SSSR count). The van der Waals surface area contributed by atoms with Gasteiger partial charge in [0.25, 0.3) is 0 Å². The predicted molar refractivity (Wildman–Crippen MR) is 85.2 cm³/mol. The van der Waals surface area contributed by atoms with Gasteiger partial charge >= 0.3 is 0 Å². The fourth-order valence-corrected chi connectivity index (χ4v) is 2.87. The zero-order valence-electron chi connectivity index (χ0n) is 12.5. The highest BCUT2D eigenvalue weighted by molar-refractivity contribution is 9.10. The fourth-order valence-electron chi connectivity index (χ4n) is 2.35. The topological polar surface area (TPSA) is 30.5 Å². The Bertz CT molecular complexity index is 436. The third-order valence-corrected chi connectivity index (χ3v) is 4.11. The molecule has 112 valence electrons. The van der Waals surface area contributed by atoms with Gasteiger partial charge in [0.15, 0.2) is 0 Å². The normalized spacial score (nSPS) is 22.4. The van der Waals surface area contributed by atoms with Gasteiger partial charge in [0.1, 0.15) is 12.4 Å². The molecule has 20 heavy (non-hydrogen) atoms. The maximum atomic E-state index is 6.02. The summed E-state index contributed by atoms with van der Waals surface area (Å²) in [5.41, 5.74) is 1.18. The zero-order valence-corrected chi connectivity index (χ0v) is 14.1. The maximum Gasteiger partial charge on any atom is 0.138 e. The lowest BCUT2D eigenvalue weighted by Gasteiger charge is -2.17. The van der Waals surface area contributed by atoms with Crippen molar-refractivity contribution in [3.05, 3.63) is 28.2 Å². The molecule has 1 aromatic carbocycles. The monoisotopic (exact) mass is 341 g/mol. The first kappa shape index (κ1) is 15.8. The van der Waals surface area contributed by atoms with E-state index in [1.165, 1.54) is 5.56 Å². The number of nitrogens with one attached hydrogen (secondary N) is 1. The van der Waals surface area contributed by atoms with E-state index >= 15 is 0 Å². The summed E-state index contributed by atoms with van der Waals surface area (Å²) in [6, 6.07) is 6.63. The third kappa shape index (κ3) is 4.47. The van der Waals surface area contributed by atoms with Crippen LogP contribution in [0, 0.1) is 0 Å². The molecule has 0 amide bonds. The van der Waals surface area contributed by atoms with Gasteiger partial charge in [-0.05, 0) is 41.8 Å². The largest absolute Gasteiger partial charge is 0.489 e. The Balaban J connectivity index is 1.98. The number of halogens is 1. The van der Waals surface area contributed by atoms with Gasteiger partial charge in [-0.3, -0.25) is 0 Å². The van der Waals surface area contributed by atoms with Gasteiger partial charge in [-0.25, -0.2) is 0 Å². The second kappa shape index (κ2) is 7.43. The minimum Gasteiger partial charge on any atom is -0.489 e. The molecule has 0 spiro atoms. The van der Waals surface area contributed by atoms with Crippen LogP contribution in [0.2, 0.25) is 0 Å².